The molecule has 0 fully saturated rings. The number of nitro groups is 1. The van der Waals surface area contributed by atoms with Crippen LogP contribution in [0.5, 0.6) is 0 Å². The van der Waals surface area contributed by atoms with E-state index in [9.17, 15) is 19.7 Å². The van der Waals surface area contributed by atoms with Gasteiger partial charge in [0.15, 0.2) is 0 Å². The fourth-order valence-electron chi connectivity index (χ4n) is 1.90. The monoisotopic (exact) mass is 294 g/mol. The number of non-ortho nitro benzene ring substituents is 1. The number of esters is 1. The molecule has 0 heterocycles. The lowest BCUT2D eigenvalue weighted by molar-refractivity contribution is -0.384. The third-order valence-electron chi connectivity index (χ3n) is 2.91. The average molecular weight is 294 g/mol. The van der Waals surface area contributed by atoms with Crippen molar-refractivity contribution in [2.45, 2.75) is 32.7 Å². The van der Waals surface area contributed by atoms with Gasteiger partial charge in [-0.1, -0.05) is 13.3 Å². The quantitative estimate of drug-likeness (QED) is 0.493. The Bertz CT molecular complexity index is 556. The molecule has 7 heteroatoms. The average Bonchev–Trinajstić information content (AvgIpc) is 2.45. The molecule has 21 heavy (non-hydrogen) atoms. The zero-order chi connectivity index (χ0) is 16.0. The molecule has 1 rings (SSSR count). The number of amides is 1. The molecule has 1 aromatic carbocycles. The Hall–Kier alpha value is -2.44. The van der Waals surface area contributed by atoms with Gasteiger partial charge in [-0.2, -0.15) is 0 Å². The fraction of sp³-hybridized carbons (Fsp3) is 0.429. The summed E-state index contributed by atoms with van der Waals surface area (Å²) in [4.78, 5) is 33.8. The van der Waals surface area contributed by atoms with Gasteiger partial charge < -0.3 is 10.1 Å². The van der Waals surface area contributed by atoms with E-state index in [1.165, 1.54) is 13.2 Å². The molecular formula is C14H18N2O5. The number of hydrogen-bond acceptors (Lipinski definition) is 5. The summed E-state index contributed by atoms with van der Waals surface area (Å²) >= 11 is 0. The van der Waals surface area contributed by atoms with Gasteiger partial charge in [-0.15, -0.1) is 0 Å². The zero-order valence-electron chi connectivity index (χ0n) is 12.2. The number of hydrogen-bond donors (Lipinski definition) is 1. The molecule has 0 bridgehead atoms. The van der Waals surface area contributed by atoms with Crippen LogP contribution < -0.4 is 5.32 Å². The van der Waals surface area contributed by atoms with E-state index in [1.54, 1.807) is 0 Å². The van der Waals surface area contributed by atoms with Crippen LogP contribution in [0, 0.1) is 10.1 Å². The topological polar surface area (TPSA) is 98.5 Å². The summed E-state index contributed by atoms with van der Waals surface area (Å²) in [6, 6.07) is 3.45. The predicted molar refractivity (Wildman–Crippen MR) is 76.3 cm³/mol. The minimum absolute atomic E-state index is 0.0278. The van der Waals surface area contributed by atoms with Crippen molar-refractivity contribution in [3.05, 3.63) is 39.4 Å². The molecule has 0 saturated heterocycles. The summed E-state index contributed by atoms with van der Waals surface area (Å²) in [5.74, 6) is -1.18. The van der Waals surface area contributed by atoms with E-state index in [1.807, 2.05) is 13.8 Å². The Morgan fingerprint density at radius 1 is 1.33 bits per heavy atom. The van der Waals surface area contributed by atoms with Crippen LogP contribution in [0.15, 0.2) is 18.2 Å². The minimum Gasteiger partial charge on any atom is -0.465 e. The molecule has 1 N–H and O–H groups in total. The second-order valence-corrected chi connectivity index (χ2v) is 4.68. The second-order valence-electron chi connectivity index (χ2n) is 4.68. The Labute approximate surface area is 122 Å². The lowest BCUT2D eigenvalue weighted by Crippen LogP contribution is -2.32. The number of nitrogens with one attached hydrogen (secondary N) is 1. The van der Waals surface area contributed by atoms with E-state index in [0.717, 1.165) is 25.0 Å². The molecule has 0 saturated carbocycles. The summed E-state index contributed by atoms with van der Waals surface area (Å²) in [7, 11) is 1.17. The molecule has 1 atom stereocenters. The summed E-state index contributed by atoms with van der Waals surface area (Å²) in [5.41, 5.74) is -0.293. The van der Waals surface area contributed by atoms with Crippen LogP contribution in [0.2, 0.25) is 0 Å². The molecule has 0 aliphatic heterocycles. The molecule has 0 aliphatic carbocycles. The molecule has 114 valence electrons. The van der Waals surface area contributed by atoms with Crippen LogP contribution in [0.4, 0.5) is 5.69 Å². The van der Waals surface area contributed by atoms with Crippen molar-refractivity contribution in [2.24, 2.45) is 0 Å². The van der Waals surface area contributed by atoms with Gasteiger partial charge in [-0.25, -0.2) is 4.79 Å². The predicted octanol–water partition coefficient (Wildman–Crippen LogP) is 2.30. The third-order valence-corrected chi connectivity index (χ3v) is 2.91. The number of nitrogens with zero attached hydrogens (tertiary/aromatic N) is 1. The van der Waals surface area contributed by atoms with E-state index in [-0.39, 0.29) is 22.9 Å². The Balaban J connectivity index is 3.10. The van der Waals surface area contributed by atoms with Crippen LogP contribution in [0.3, 0.4) is 0 Å². The summed E-state index contributed by atoms with van der Waals surface area (Å²) in [6.45, 7) is 3.84. The van der Waals surface area contributed by atoms with Crippen LogP contribution >= 0.6 is 0 Å². The molecule has 7 nitrogen and oxygen atoms in total. The maximum Gasteiger partial charge on any atom is 0.338 e. The first kappa shape index (κ1) is 16.6. The SMILES string of the molecule is CCC[C@H](C)NC(=O)c1cc(C(=O)OC)cc([N+](=O)[O-])c1. The van der Waals surface area contributed by atoms with Crippen LogP contribution in [-0.2, 0) is 4.74 Å². The van der Waals surface area contributed by atoms with Crippen LogP contribution in [-0.4, -0.2) is 30.0 Å². The van der Waals surface area contributed by atoms with Gasteiger partial charge in [0.25, 0.3) is 11.6 Å². The van der Waals surface area contributed by atoms with Gasteiger partial charge in [-0.05, 0) is 19.4 Å². The second kappa shape index (κ2) is 7.37. The van der Waals surface area contributed by atoms with Crippen LogP contribution in [0.1, 0.15) is 47.4 Å². The Morgan fingerprint density at radius 2 is 1.95 bits per heavy atom. The number of carbonyl (C=O) groups excluding carboxylic acids is 2. The van der Waals surface area contributed by atoms with Crippen molar-refractivity contribution in [1.82, 2.24) is 5.32 Å². The molecule has 0 spiro atoms. The van der Waals surface area contributed by atoms with Gasteiger partial charge in [0.2, 0.25) is 0 Å². The highest BCUT2D eigenvalue weighted by Crippen LogP contribution is 2.18. The largest absolute Gasteiger partial charge is 0.465 e. The lowest BCUT2D eigenvalue weighted by atomic mass is 10.1. The van der Waals surface area contributed by atoms with Gasteiger partial charge in [0, 0.05) is 23.7 Å². The highest BCUT2D eigenvalue weighted by molar-refractivity contribution is 5.99. The first-order valence-electron chi connectivity index (χ1n) is 6.57. The first-order chi connectivity index (χ1) is 9.88. The molecule has 0 aromatic heterocycles. The number of carbonyl (C=O) groups is 2. The summed E-state index contributed by atoms with van der Waals surface area (Å²) in [5, 5.41) is 13.6. The van der Waals surface area contributed by atoms with Crippen molar-refractivity contribution >= 4 is 17.6 Å². The van der Waals surface area contributed by atoms with Crippen molar-refractivity contribution in [3.8, 4) is 0 Å². The molecule has 0 aliphatic rings. The van der Waals surface area contributed by atoms with E-state index in [2.05, 4.69) is 10.1 Å². The van der Waals surface area contributed by atoms with E-state index in [4.69, 9.17) is 0 Å². The van der Waals surface area contributed by atoms with Gasteiger partial charge in [0.05, 0.1) is 17.6 Å². The summed E-state index contributed by atoms with van der Waals surface area (Å²) < 4.78 is 4.53. The molecule has 0 unspecified atom stereocenters. The molecular weight excluding hydrogens is 276 g/mol. The first-order valence-corrected chi connectivity index (χ1v) is 6.57. The standard InChI is InChI=1S/C14H18N2O5/c1-4-5-9(2)15-13(17)10-6-11(14(18)21-3)8-12(7-10)16(19)20/h6-9H,4-5H2,1-3H3,(H,15,17)/t9-/m0/s1. The van der Waals surface area contributed by atoms with E-state index in [0.29, 0.717) is 0 Å². The van der Waals surface area contributed by atoms with Gasteiger partial charge in [-0.3, -0.25) is 14.9 Å². The van der Waals surface area contributed by atoms with E-state index < -0.39 is 16.8 Å². The summed E-state index contributed by atoms with van der Waals surface area (Å²) in [6.07, 6.45) is 1.70. The van der Waals surface area contributed by atoms with Crippen LogP contribution in [0.25, 0.3) is 0 Å². The third kappa shape index (κ3) is 4.55. The zero-order valence-corrected chi connectivity index (χ0v) is 12.2. The van der Waals surface area contributed by atoms with Crippen molar-refractivity contribution in [2.75, 3.05) is 7.11 Å². The molecule has 1 amide bonds. The van der Waals surface area contributed by atoms with Crippen molar-refractivity contribution in [3.63, 3.8) is 0 Å². The number of rotatable bonds is 6. The fourth-order valence-corrected chi connectivity index (χ4v) is 1.90. The lowest BCUT2D eigenvalue weighted by Gasteiger charge is -2.13. The molecule has 1 aromatic rings. The minimum atomic E-state index is -0.727. The highest BCUT2D eigenvalue weighted by atomic mass is 16.6. The number of benzene rings is 1. The Kier molecular flexibility index (Phi) is 5.83. The smallest absolute Gasteiger partial charge is 0.338 e. The number of ether oxygens (including phenoxy) is 1. The normalized spacial score (nSPS) is 11.6. The maximum absolute atomic E-state index is 12.1. The van der Waals surface area contributed by atoms with Gasteiger partial charge in [0.1, 0.15) is 0 Å². The van der Waals surface area contributed by atoms with Crippen molar-refractivity contribution in [1.29, 1.82) is 0 Å². The number of nitro benzene ring substituents is 1. The Morgan fingerprint density at radius 3 is 2.48 bits per heavy atom. The highest BCUT2D eigenvalue weighted by Gasteiger charge is 2.19. The maximum atomic E-state index is 12.1. The molecule has 0 radical (unpaired) electrons. The van der Waals surface area contributed by atoms with Gasteiger partial charge >= 0.3 is 5.97 Å². The number of methoxy groups -OCH3 is 1. The van der Waals surface area contributed by atoms with E-state index >= 15 is 0 Å². The van der Waals surface area contributed by atoms with Crippen molar-refractivity contribution < 1.29 is 19.2 Å².